The van der Waals surface area contributed by atoms with Crippen LogP contribution in [0.2, 0.25) is 5.15 Å². The SMILES string of the molecule is CCc1nnc(-c2cc(NC(=O)c3ccc(Cl)nc3)c(C)s2)o1. The quantitative estimate of drug-likeness (QED) is 0.721. The highest BCUT2D eigenvalue weighted by molar-refractivity contribution is 7.15. The van der Waals surface area contributed by atoms with Crippen molar-refractivity contribution < 1.29 is 9.21 Å². The first-order valence-electron chi connectivity index (χ1n) is 6.93. The van der Waals surface area contributed by atoms with Gasteiger partial charge in [0.2, 0.25) is 5.89 Å². The molecule has 0 aliphatic heterocycles. The van der Waals surface area contributed by atoms with Crippen LogP contribution in [0.15, 0.2) is 28.8 Å². The zero-order chi connectivity index (χ0) is 16.4. The number of pyridine rings is 1. The number of carbonyl (C=O) groups excluding carboxylic acids is 1. The topological polar surface area (TPSA) is 80.9 Å². The molecular formula is C15H13ClN4O2S. The fourth-order valence-electron chi connectivity index (χ4n) is 1.91. The van der Waals surface area contributed by atoms with E-state index < -0.39 is 0 Å². The van der Waals surface area contributed by atoms with Crippen molar-refractivity contribution in [3.05, 3.63) is 45.9 Å². The van der Waals surface area contributed by atoms with E-state index in [9.17, 15) is 4.79 Å². The lowest BCUT2D eigenvalue weighted by molar-refractivity contribution is 0.102. The molecule has 1 N–H and O–H groups in total. The normalized spacial score (nSPS) is 10.7. The number of carbonyl (C=O) groups is 1. The Labute approximate surface area is 141 Å². The van der Waals surface area contributed by atoms with E-state index >= 15 is 0 Å². The minimum atomic E-state index is -0.249. The Morgan fingerprint density at radius 1 is 1.39 bits per heavy atom. The summed E-state index contributed by atoms with van der Waals surface area (Å²) in [7, 11) is 0. The van der Waals surface area contributed by atoms with Gasteiger partial charge in [0.1, 0.15) is 5.15 Å². The third-order valence-corrected chi connectivity index (χ3v) is 4.40. The molecule has 0 fully saturated rings. The highest BCUT2D eigenvalue weighted by Gasteiger charge is 2.15. The average molecular weight is 349 g/mol. The lowest BCUT2D eigenvalue weighted by Gasteiger charge is -2.03. The Morgan fingerprint density at radius 3 is 2.87 bits per heavy atom. The van der Waals surface area contributed by atoms with Gasteiger partial charge < -0.3 is 9.73 Å². The van der Waals surface area contributed by atoms with Crippen molar-refractivity contribution in [1.29, 1.82) is 0 Å². The third-order valence-electron chi connectivity index (χ3n) is 3.14. The van der Waals surface area contributed by atoms with E-state index in [2.05, 4.69) is 20.5 Å². The van der Waals surface area contributed by atoms with E-state index in [0.29, 0.717) is 34.6 Å². The van der Waals surface area contributed by atoms with Crippen molar-refractivity contribution in [1.82, 2.24) is 15.2 Å². The molecule has 0 bridgehead atoms. The number of hydrogen-bond acceptors (Lipinski definition) is 6. The van der Waals surface area contributed by atoms with Gasteiger partial charge in [0, 0.05) is 17.5 Å². The highest BCUT2D eigenvalue weighted by atomic mass is 35.5. The molecule has 118 valence electrons. The van der Waals surface area contributed by atoms with Crippen molar-refractivity contribution in [2.45, 2.75) is 20.3 Å². The molecule has 8 heteroatoms. The van der Waals surface area contributed by atoms with Crippen LogP contribution < -0.4 is 5.32 Å². The largest absolute Gasteiger partial charge is 0.420 e. The fraction of sp³-hybridized carbons (Fsp3) is 0.200. The van der Waals surface area contributed by atoms with Gasteiger partial charge in [-0.2, -0.15) is 0 Å². The summed E-state index contributed by atoms with van der Waals surface area (Å²) in [6.07, 6.45) is 2.12. The number of halogens is 1. The van der Waals surface area contributed by atoms with Crippen molar-refractivity contribution >= 4 is 34.5 Å². The van der Waals surface area contributed by atoms with Crippen LogP contribution in [0, 0.1) is 6.92 Å². The lowest BCUT2D eigenvalue weighted by Crippen LogP contribution is -2.12. The molecule has 1 amide bonds. The van der Waals surface area contributed by atoms with Crippen molar-refractivity contribution in [3.63, 3.8) is 0 Å². The molecule has 3 rings (SSSR count). The lowest BCUT2D eigenvalue weighted by atomic mass is 10.2. The van der Waals surface area contributed by atoms with Gasteiger partial charge in [0.15, 0.2) is 0 Å². The van der Waals surface area contributed by atoms with Crippen LogP contribution in [0.5, 0.6) is 0 Å². The molecule has 0 radical (unpaired) electrons. The average Bonchev–Trinajstić information content (AvgIpc) is 3.15. The molecule has 3 heterocycles. The second-order valence-electron chi connectivity index (χ2n) is 4.76. The number of aromatic nitrogens is 3. The highest BCUT2D eigenvalue weighted by Crippen LogP contribution is 2.33. The molecule has 23 heavy (non-hydrogen) atoms. The summed E-state index contributed by atoms with van der Waals surface area (Å²) in [6.45, 7) is 3.86. The summed E-state index contributed by atoms with van der Waals surface area (Å²) < 4.78 is 5.54. The summed E-state index contributed by atoms with van der Waals surface area (Å²) in [5.74, 6) is 0.800. The molecule has 0 unspecified atom stereocenters. The predicted molar refractivity (Wildman–Crippen MR) is 88.9 cm³/mol. The second kappa shape index (κ2) is 6.47. The van der Waals surface area contributed by atoms with Gasteiger partial charge in [-0.3, -0.25) is 4.79 Å². The predicted octanol–water partition coefficient (Wildman–Crippen LogP) is 3.97. The summed E-state index contributed by atoms with van der Waals surface area (Å²) >= 11 is 7.21. The maximum absolute atomic E-state index is 12.2. The molecule has 0 aliphatic carbocycles. The molecule has 0 atom stereocenters. The Kier molecular flexibility index (Phi) is 4.40. The van der Waals surface area contributed by atoms with E-state index in [-0.39, 0.29) is 5.91 Å². The van der Waals surface area contributed by atoms with Gasteiger partial charge >= 0.3 is 0 Å². The van der Waals surface area contributed by atoms with Crippen molar-refractivity contribution in [3.8, 4) is 10.8 Å². The van der Waals surface area contributed by atoms with Gasteiger partial charge in [-0.15, -0.1) is 21.5 Å². The summed E-state index contributed by atoms with van der Waals surface area (Å²) in [5.41, 5.74) is 1.15. The van der Waals surface area contributed by atoms with E-state index in [1.165, 1.54) is 17.5 Å². The number of nitrogens with zero attached hydrogens (tertiary/aromatic N) is 3. The van der Waals surface area contributed by atoms with Crippen LogP contribution in [0.25, 0.3) is 10.8 Å². The molecule has 3 aromatic heterocycles. The molecule has 0 saturated heterocycles. The maximum Gasteiger partial charge on any atom is 0.257 e. The number of amides is 1. The van der Waals surface area contributed by atoms with Crippen LogP contribution >= 0.6 is 22.9 Å². The van der Waals surface area contributed by atoms with Gasteiger partial charge in [-0.25, -0.2) is 4.98 Å². The number of anilines is 1. The smallest absolute Gasteiger partial charge is 0.257 e. The van der Waals surface area contributed by atoms with Crippen LogP contribution in [0.3, 0.4) is 0 Å². The molecule has 0 aliphatic rings. The van der Waals surface area contributed by atoms with Crippen LogP contribution in [0.1, 0.15) is 28.0 Å². The van der Waals surface area contributed by atoms with Gasteiger partial charge in [0.05, 0.1) is 16.1 Å². The molecule has 6 nitrogen and oxygen atoms in total. The number of rotatable bonds is 4. The number of nitrogens with one attached hydrogen (secondary N) is 1. The first-order valence-corrected chi connectivity index (χ1v) is 8.12. The zero-order valence-electron chi connectivity index (χ0n) is 12.5. The molecule has 0 spiro atoms. The number of hydrogen-bond donors (Lipinski definition) is 1. The number of thiophene rings is 1. The molecule has 0 aromatic carbocycles. The van der Waals surface area contributed by atoms with Gasteiger partial charge in [0.25, 0.3) is 11.8 Å². The van der Waals surface area contributed by atoms with Gasteiger partial charge in [-0.1, -0.05) is 18.5 Å². The van der Waals surface area contributed by atoms with Gasteiger partial charge in [-0.05, 0) is 25.1 Å². The van der Waals surface area contributed by atoms with Crippen molar-refractivity contribution in [2.24, 2.45) is 0 Å². The Hall–Kier alpha value is -2.25. The first kappa shape index (κ1) is 15.6. The van der Waals surface area contributed by atoms with Crippen LogP contribution in [-0.4, -0.2) is 21.1 Å². The van der Waals surface area contributed by atoms with Crippen molar-refractivity contribution in [2.75, 3.05) is 5.32 Å². The molecule has 0 saturated carbocycles. The number of aryl methyl sites for hydroxylation is 2. The summed E-state index contributed by atoms with van der Waals surface area (Å²) in [4.78, 5) is 17.9. The van der Waals surface area contributed by atoms with E-state index in [4.69, 9.17) is 16.0 Å². The third kappa shape index (κ3) is 3.40. The standard InChI is InChI=1S/C15H13ClN4O2S/c1-3-13-19-20-15(22-13)11-6-10(8(2)23-11)18-14(21)9-4-5-12(16)17-7-9/h4-7H,3H2,1-2H3,(H,18,21). The summed E-state index contributed by atoms with van der Waals surface area (Å²) in [5, 5.41) is 11.2. The fourth-order valence-corrected chi connectivity index (χ4v) is 2.92. The first-order chi connectivity index (χ1) is 11.1. The van der Waals surface area contributed by atoms with E-state index in [1.807, 2.05) is 19.9 Å². The summed E-state index contributed by atoms with van der Waals surface area (Å²) in [6, 6.07) is 5.03. The molecular weight excluding hydrogens is 336 g/mol. The minimum absolute atomic E-state index is 0.249. The monoisotopic (exact) mass is 348 g/mol. The van der Waals surface area contributed by atoms with Crippen LogP contribution in [0.4, 0.5) is 5.69 Å². The Bertz CT molecular complexity index is 842. The Balaban J connectivity index is 1.81. The zero-order valence-corrected chi connectivity index (χ0v) is 14.0. The molecule has 3 aromatic rings. The second-order valence-corrected chi connectivity index (χ2v) is 6.40. The Morgan fingerprint density at radius 2 is 2.22 bits per heavy atom. The maximum atomic E-state index is 12.2. The van der Waals surface area contributed by atoms with E-state index in [1.54, 1.807) is 12.1 Å². The minimum Gasteiger partial charge on any atom is -0.420 e. The van der Waals surface area contributed by atoms with E-state index in [0.717, 1.165) is 9.75 Å². The van der Waals surface area contributed by atoms with Crippen LogP contribution in [-0.2, 0) is 6.42 Å².